The lowest BCUT2D eigenvalue weighted by atomic mass is 10.1. The van der Waals surface area contributed by atoms with Crippen LogP contribution >= 0.6 is 23.2 Å². The zero-order valence-corrected chi connectivity index (χ0v) is 20.1. The Hall–Kier alpha value is -2.57. The van der Waals surface area contributed by atoms with Crippen LogP contribution in [0.25, 0.3) is 10.8 Å². The Labute approximate surface area is 209 Å². The summed E-state index contributed by atoms with van der Waals surface area (Å²) in [7, 11) is 0. The maximum Gasteiger partial charge on any atom is 0.159 e. The first-order valence-electron chi connectivity index (χ1n) is 11.5. The van der Waals surface area contributed by atoms with Gasteiger partial charge in [0.25, 0.3) is 0 Å². The smallest absolute Gasteiger partial charge is 0.159 e. The van der Waals surface area contributed by atoms with Crippen LogP contribution in [0.2, 0.25) is 5.02 Å². The van der Waals surface area contributed by atoms with Crippen LogP contribution in [-0.2, 0) is 9.47 Å². The Morgan fingerprint density at radius 1 is 1.03 bits per heavy atom. The molecule has 4 unspecified atom stereocenters. The summed E-state index contributed by atoms with van der Waals surface area (Å²) in [5, 5.41) is 2.92. The van der Waals surface area contributed by atoms with E-state index in [1.807, 2.05) is 59.3 Å². The molecule has 1 aliphatic rings. The summed E-state index contributed by atoms with van der Waals surface area (Å²) >= 11 is 12.9. The van der Waals surface area contributed by atoms with Crippen molar-refractivity contribution in [3.05, 3.63) is 96.0 Å². The van der Waals surface area contributed by atoms with Crippen molar-refractivity contribution >= 4 is 34.0 Å². The average molecular weight is 497 g/mol. The molecule has 34 heavy (non-hydrogen) atoms. The van der Waals surface area contributed by atoms with Crippen LogP contribution in [0.3, 0.4) is 0 Å². The number of hydrogen-bond donors (Lipinski definition) is 0. The number of rotatable bonds is 8. The molecule has 7 heteroatoms. The van der Waals surface area contributed by atoms with E-state index in [0.29, 0.717) is 11.6 Å². The molecule has 3 aromatic carbocycles. The number of hydrogen-bond acceptors (Lipinski definition) is 4. The third-order valence-corrected chi connectivity index (χ3v) is 6.75. The average Bonchev–Trinajstić information content (AvgIpc) is 3.42. The Morgan fingerprint density at radius 2 is 1.85 bits per heavy atom. The minimum Gasteiger partial charge on any atom is -0.490 e. The molecule has 5 nitrogen and oxygen atoms in total. The normalized spacial score (nSPS) is 20.2. The maximum absolute atomic E-state index is 6.82. The molecule has 0 amide bonds. The van der Waals surface area contributed by atoms with Gasteiger partial charge in [-0.05, 0) is 48.4 Å². The van der Waals surface area contributed by atoms with Crippen molar-refractivity contribution in [2.24, 2.45) is 0 Å². The fourth-order valence-electron chi connectivity index (χ4n) is 4.28. The molecule has 1 aromatic heterocycles. The highest BCUT2D eigenvalue weighted by atomic mass is 35.5. The molecule has 0 N–H and O–H groups in total. The number of nitrogens with zero attached hydrogens (tertiary/aromatic N) is 2. The maximum atomic E-state index is 6.82. The van der Waals surface area contributed by atoms with Gasteiger partial charge in [-0.25, -0.2) is 4.98 Å². The summed E-state index contributed by atoms with van der Waals surface area (Å²) in [6.07, 6.45) is 7.02. The lowest BCUT2D eigenvalue weighted by Gasteiger charge is -2.34. The Bertz CT molecular complexity index is 1190. The van der Waals surface area contributed by atoms with E-state index < -0.39 is 11.6 Å². The van der Waals surface area contributed by atoms with Crippen LogP contribution in [0.4, 0.5) is 0 Å². The van der Waals surface area contributed by atoms with Crippen LogP contribution in [0, 0.1) is 0 Å². The van der Waals surface area contributed by atoms with Crippen molar-refractivity contribution in [3.8, 4) is 5.75 Å². The number of halogens is 2. The number of imidazole rings is 1. The van der Waals surface area contributed by atoms with E-state index in [9.17, 15) is 0 Å². The van der Waals surface area contributed by atoms with Gasteiger partial charge in [0.05, 0.1) is 12.4 Å². The van der Waals surface area contributed by atoms with Crippen LogP contribution < -0.4 is 4.74 Å². The Kier molecular flexibility index (Phi) is 7.36. The summed E-state index contributed by atoms with van der Waals surface area (Å²) in [5.74, 6) is 0.865. The first kappa shape index (κ1) is 23.2. The van der Waals surface area contributed by atoms with Crippen LogP contribution in [0.5, 0.6) is 5.75 Å². The topological polar surface area (TPSA) is 45.5 Å². The molecule has 5 rings (SSSR count). The quantitative estimate of drug-likeness (QED) is 0.242. The molecule has 0 aliphatic carbocycles. The number of fused-ring (bicyclic) bond motifs is 1. The largest absolute Gasteiger partial charge is 0.490 e. The monoisotopic (exact) mass is 496 g/mol. The molecule has 1 aliphatic heterocycles. The van der Waals surface area contributed by atoms with Gasteiger partial charge in [0, 0.05) is 22.8 Å². The van der Waals surface area contributed by atoms with Gasteiger partial charge in [-0.1, -0.05) is 71.7 Å². The minimum atomic E-state index is -0.486. The molecular formula is C27H26Cl2N2O3. The van der Waals surface area contributed by atoms with Crippen LogP contribution in [0.15, 0.2) is 85.5 Å². The Balaban J connectivity index is 1.27. The van der Waals surface area contributed by atoms with E-state index in [0.717, 1.165) is 41.3 Å². The van der Waals surface area contributed by atoms with E-state index in [2.05, 4.69) is 23.2 Å². The predicted molar refractivity (Wildman–Crippen MR) is 134 cm³/mol. The van der Waals surface area contributed by atoms with E-state index in [1.54, 1.807) is 12.5 Å². The van der Waals surface area contributed by atoms with Gasteiger partial charge in [-0.2, -0.15) is 0 Å². The first-order valence-corrected chi connectivity index (χ1v) is 12.3. The molecule has 4 atom stereocenters. The predicted octanol–water partition coefficient (Wildman–Crippen LogP) is 7.16. The van der Waals surface area contributed by atoms with E-state index in [-0.39, 0.29) is 12.4 Å². The standard InChI is InChI=1S/C27H26Cl2N2O3/c28-21-13-11-20(12-14-21)26(27(29)31-16-15-30-18-31)34-25-10-4-7-22(33-25)17-32-24-9-3-6-19-5-1-2-8-23(19)24/h1-3,5-6,8-9,11-16,18,22,25-27H,4,7,10,17H2. The van der Waals surface area contributed by atoms with Gasteiger partial charge in [-0.3, -0.25) is 0 Å². The van der Waals surface area contributed by atoms with Crippen LogP contribution in [0.1, 0.15) is 36.4 Å². The summed E-state index contributed by atoms with van der Waals surface area (Å²) in [4.78, 5) is 4.12. The molecule has 0 spiro atoms. The van der Waals surface area contributed by atoms with Gasteiger partial charge in [0.15, 0.2) is 6.29 Å². The van der Waals surface area contributed by atoms with Gasteiger partial charge in [0.2, 0.25) is 0 Å². The number of aromatic nitrogens is 2. The zero-order chi connectivity index (χ0) is 23.3. The second-order valence-electron chi connectivity index (χ2n) is 8.40. The van der Waals surface area contributed by atoms with Crippen molar-refractivity contribution in [1.82, 2.24) is 9.55 Å². The Morgan fingerprint density at radius 3 is 2.68 bits per heavy atom. The lowest BCUT2D eigenvalue weighted by molar-refractivity contribution is -0.223. The van der Waals surface area contributed by atoms with Gasteiger partial charge in [0.1, 0.15) is 24.0 Å². The SMILES string of the molecule is Clc1ccc(C(OC2CCCC(COc3cccc4ccccc34)O2)C(Cl)n2ccnc2)cc1. The second kappa shape index (κ2) is 10.8. The minimum absolute atomic E-state index is 0.0643. The molecule has 0 saturated carbocycles. The number of ether oxygens (including phenoxy) is 3. The highest BCUT2D eigenvalue weighted by Gasteiger charge is 2.31. The number of alkyl halides is 1. The van der Waals surface area contributed by atoms with E-state index in [1.165, 1.54) is 0 Å². The summed E-state index contributed by atoms with van der Waals surface area (Å²) in [5.41, 5.74) is 0.440. The van der Waals surface area contributed by atoms with Crippen molar-refractivity contribution in [2.45, 2.75) is 43.3 Å². The van der Waals surface area contributed by atoms with E-state index in [4.69, 9.17) is 37.4 Å². The van der Waals surface area contributed by atoms with E-state index >= 15 is 0 Å². The zero-order valence-electron chi connectivity index (χ0n) is 18.6. The molecule has 1 fully saturated rings. The molecule has 4 aromatic rings. The number of benzene rings is 3. The van der Waals surface area contributed by atoms with Crippen molar-refractivity contribution in [1.29, 1.82) is 0 Å². The second-order valence-corrected chi connectivity index (χ2v) is 9.28. The third kappa shape index (κ3) is 5.39. The van der Waals surface area contributed by atoms with Crippen molar-refractivity contribution in [3.63, 3.8) is 0 Å². The summed E-state index contributed by atoms with van der Waals surface area (Å²) < 4.78 is 20.8. The highest BCUT2D eigenvalue weighted by molar-refractivity contribution is 6.30. The molecule has 1 saturated heterocycles. The highest BCUT2D eigenvalue weighted by Crippen LogP contribution is 2.37. The summed E-state index contributed by atoms with van der Waals surface area (Å²) in [6, 6.07) is 21.9. The first-order chi connectivity index (χ1) is 16.7. The van der Waals surface area contributed by atoms with Crippen LogP contribution in [-0.4, -0.2) is 28.6 Å². The van der Waals surface area contributed by atoms with Crippen molar-refractivity contribution < 1.29 is 14.2 Å². The summed E-state index contributed by atoms with van der Waals surface area (Å²) in [6.45, 7) is 0.464. The third-order valence-electron chi connectivity index (χ3n) is 6.04. The fraction of sp³-hybridized carbons (Fsp3) is 0.296. The van der Waals surface area contributed by atoms with Gasteiger partial charge >= 0.3 is 0 Å². The molecule has 0 bridgehead atoms. The fourth-order valence-corrected chi connectivity index (χ4v) is 4.73. The van der Waals surface area contributed by atoms with Crippen molar-refractivity contribution in [2.75, 3.05) is 6.61 Å². The molecular weight excluding hydrogens is 471 g/mol. The molecule has 0 radical (unpaired) electrons. The lowest BCUT2D eigenvalue weighted by Crippen LogP contribution is -2.35. The van der Waals surface area contributed by atoms with Gasteiger partial charge < -0.3 is 18.8 Å². The molecule has 2 heterocycles. The van der Waals surface area contributed by atoms with Gasteiger partial charge in [-0.15, -0.1) is 0 Å². The molecule has 176 valence electrons.